The number of esters is 1. The van der Waals surface area contributed by atoms with Crippen LogP contribution in [0.3, 0.4) is 0 Å². The summed E-state index contributed by atoms with van der Waals surface area (Å²) >= 11 is 0. The summed E-state index contributed by atoms with van der Waals surface area (Å²) in [6.07, 6.45) is 2.49. The van der Waals surface area contributed by atoms with E-state index in [2.05, 4.69) is 4.74 Å². The number of rotatable bonds is 5. The summed E-state index contributed by atoms with van der Waals surface area (Å²) in [5, 5.41) is 0. The van der Waals surface area contributed by atoms with E-state index < -0.39 is 0 Å². The lowest BCUT2D eigenvalue weighted by molar-refractivity contribution is -0.143. The number of amides is 2. The Kier molecular flexibility index (Phi) is 7.04. The second-order valence-electron chi connectivity index (χ2n) is 4.94. The Morgan fingerprint density at radius 3 is 1.95 bits per heavy atom. The van der Waals surface area contributed by atoms with E-state index in [-0.39, 0.29) is 30.6 Å². The molecule has 1 fully saturated rings. The van der Waals surface area contributed by atoms with Crippen LogP contribution in [0.4, 0.5) is 0 Å². The summed E-state index contributed by atoms with van der Waals surface area (Å²) in [5.41, 5.74) is 0. The molecule has 0 aromatic heterocycles. The first-order valence-corrected chi connectivity index (χ1v) is 7.20. The van der Waals surface area contributed by atoms with Crippen LogP contribution < -0.4 is 0 Å². The molecular formula is C14H24N2O4. The molecule has 0 spiro atoms. The predicted octanol–water partition coefficient (Wildman–Crippen LogP) is 0.801. The SMILES string of the molecule is CCCC(=O)N1CCCN(C(=O)CCC(=O)OC)CC1. The molecule has 20 heavy (non-hydrogen) atoms. The number of hydrogen-bond donors (Lipinski definition) is 0. The molecule has 1 aliphatic rings. The first-order chi connectivity index (χ1) is 9.58. The highest BCUT2D eigenvalue weighted by Crippen LogP contribution is 2.08. The van der Waals surface area contributed by atoms with Crippen molar-refractivity contribution in [2.45, 2.75) is 39.0 Å². The minimum atomic E-state index is -0.368. The molecule has 1 rings (SSSR count). The Balaban J connectivity index is 2.41. The first kappa shape index (κ1) is 16.5. The van der Waals surface area contributed by atoms with E-state index in [0.717, 1.165) is 12.8 Å². The molecule has 0 saturated carbocycles. The molecule has 6 nitrogen and oxygen atoms in total. The standard InChI is InChI=1S/C14H24N2O4/c1-3-5-12(17)15-8-4-9-16(11-10-15)13(18)6-7-14(19)20-2/h3-11H2,1-2H3. The molecule has 0 bridgehead atoms. The number of nitrogens with zero attached hydrogens (tertiary/aromatic N) is 2. The molecule has 2 amide bonds. The molecule has 1 aliphatic heterocycles. The van der Waals surface area contributed by atoms with Crippen LogP contribution in [0.5, 0.6) is 0 Å². The van der Waals surface area contributed by atoms with Gasteiger partial charge in [0.05, 0.1) is 13.5 Å². The Labute approximate surface area is 120 Å². The fourth-order valence-corrected chi connectivity index (χ4v) is 2.26. The third-order valence-corrected chi connectivity index (χ3v) is 3.44. The van der Waals surface area contributed by atoms with E-state index in [1.54, 1.807) is 4.90 Å². The van der Waals surface area contributed by atoms with Crippen molar-refractivity contribution in [3.05, 3.63) is 0 Å². The van der Waals surface area contributed by atoms with Gasteiger partial charge in [-0.25, -0.2) is 0 Å². The third kappa shape index (κ3) is 5.19. The summed E-state index contributed by atoms with van der Waals surface area (Å²) in [6, 6.07) is 0. The van der Waals surface area contributed by atoms with E-state index in [1.807, 2.05) is 11.8 Å². The van der Waals surface area contributed by atoms with E-state index in [1.165, 1.54) is 7.11 Å². The highest BCUT2D eigenvalue weighted by atomic mass is 16.5. The zero-order valence-corrected chi connectivity index (χ0v) is 12.4. The molecule has 114 valence electrons. The van der Waals surface area contributed by atoms with Crippen molar-refractivity contribution in [3.63, 3.8) is 0 Å². The average molecular weight is 284 g/mol. The lowest BCUT2D eigenvalue weighted by atomic mass is 10.2. The van der Waals surface area contributed by atoms with E-state index in [9.17, 15) is 14.4 Å². The van der Waals surface area contributed by atoms with Crippen LogP contribution in [0.25, 0.3) is 0 Å². The summed E-state index contributed by atoms with van der Waals surface area (Å²) < 4.78 is 4.53. The van der Waals surface area contributed by atoms with Crippen molar-refractivity contribution < 1.29 is 19.1 Å². The monoisotopic (exact) mass is 284 g/mol. The van der Waals surface area contributed by atoms with Crippen LogP contribution in [0.1, 0.15) is 39.0 Å². The van der Waals surface area contributed by atoms with Gasteiger partial charge in [-0.1, -0.05) is 6.92 Å². The lowest BCUT2D eigenvalue weighted by Crippen LogP contribution is -2.37. The van der Waals surface area contributed by atoms with Gasteiger partial charge in [0, 0.05) is 39.0 Å². The fraction of sp³-hybridized carbons (Fsp3) is 0.786. The van der Waals surface area contributed by atoms with Gasteiger partial charge in [-0.3, -0.25) is 14.4 Å². The van der Waals surface area contributed by atoms with Crippen molar-refractivity contribution in [2.75, 3.05) is 33.3 Å². The number of carbonyl (C=O) groups is 3. The predicted molar refractivity (Wildman–Crippen MR) is 73.9 cm³/mol. The van der Waals surface area contributed by atoms with Crippen LogP contribution in [0.2, 0.25) is 0 Å². The Morgan fingerprint density at radius 1 is 0.900 bits per heavy atom. The van der Waals surface area contributed by atoms with Crippen molar-refractivity contribution in [2.24, 2.45) is 0 Å². The van der Waals surface area contributed by atoms with Crippen molar-refractivity contribution >= 4 is 17.8 Å². The molecule has 0 atom stereocenters. The average Bonchev–Trinajstić information content (AvgIpc) is 2.70. The van der Waals surface area contributed by atoms with Crippen molar-refractivity contribution in [3.8, 4) is 0 Å². The van der Waals surface area contributed by atoms with Gasteiger partial charge in [0.15, 0.2) is 0 Å². The smallest absolute Gasteiger partial charge is 0.306 e. The highest BCUT2D eigenvalue weighted by molar-refractivity contribution is 5.81. The van der Waals surface area contributed by atoms with Gasteiger partial charge in [-0.05, 0) is 12.8 Å². The van der Waals surface area contributed by atoms with Gasteiger partial charge in [0.1, 0.15) is 0 Å². The minimum absolute atomic E-state index is 0.0415. The number of methoxy groups -OCH3 is 1. The molecule has 1 heterocycles. The van der Waals surface area contributed by atoms with Crippen LogP contribution in [-0.4, -0.2) is 60.9 Å². The van der Waals surface area contributed by atoms with Gasteiger partial charge < -0.3 is 14.5 Å². The van der Waals surface area contributed by atoms with Gasteiger partial charge >= 0.3 is 5.97 Å². The molecule has 0 aromatic carbocycles. The van der Waals surface area contributed by atoms with Gasteiger partial charge in [-0.2, -0.15) is 0 Å². The zero-order chi connectivity index (χ0) is 15.0. The quantitative estimate of drug-likeness (QED) is 0.700. The maximum absolute atomic E-state index is 12.0. The highest BCUT2D eigenvalue weighted by Gasteiger charge is 2.21. The van der Waals surface area contributed by atoms with E-state index >= 15 is 0 Å². The molecule has 1 saturated heterocycles. The lowest BCUT2D eigenvalue weighted by Gasteiger charge is -2.22. The topological polar surface area (TPSA) is 66.9 Å². The van der Waals surface area contributed by atoms with Gasteiger partial charge in [0.25, 0.3) is 0 Å². The summed E-state index contributed by atoms with van der Waals surface area (Å²) in [4.78, 5) is 38.4. The summed E-state index contributed by atoms with van der Waals surface area (Å²) in [7, 11) is 1.32. The van der Waals surface area contributed by atoms with E-state index in [4.69, 9.17) is 0 Å². The van der Waals surface area contributed by atoms with E-state index in [0.29, 0.717) is 32.6 Å². The second kappa shape index (κ2) is 8.55. The summed E-state index contributed by atoms with van der Waals surface area (Å²) in [6.45, 7) is 4.48. The molecular weight excluding hydrogens is 260 g/mol. The maximum Gasteiger partial charge on any atom is 0.306 e. The molecule has 0 radical (unpaired) electrons. The Hall–Kier alpha value is -1.59. The van der Waals surface area contributed by atoms with Crippen LogP contribution >= 0.6 is 0 Å². The fourth-order valence-electron chi connectivity index (χ4n) is 2.26. The molecule has 6 heteroatoms. The maximum atomic E-state index is 12.0. The molecule has 0 unspecified atom stereocenters. The molecule has 0 N–H and O–H groups in total. The van der Waals surface area contributed by atoms with Gasteiger partial charge in [-0.15, -0.1) is 0 Å². The zero-order valence-electron chi connectivity index (χ0n) is 12.4. The number of ether oxygens (including phenoxy) is 1. The van der Waals surface area contributed by atoms with Crippen LogP contribution in [-0.2, 0) is 19.1 Å². The first-order valence-electron chi connectivity index (χ1n) is 7.20. The second-order valence-corrected chi connectivity index (χ2v) is 4.94. The molecule has 0 aliphatic carbocycles. The van der Waals surface area contributed by atoms with Crippen molar-refractivity contribution in [1.29, 1.82) is 0 Å². The summed E-state index contributed by atoms with van der Waals surface area (Å²) in [5.74, 6) is -0.246. The third-order valence-electron chi connectivity index (χ3n) is 3.44. The van der Waals surface area contributed by atoms with Crippen LogP contribution in [0.15, 0.2) is 0 Å². The van der Waals surface area contributed by atoms with Gasteiger partial charge in [0.2, 0.25) is 11.8 Å². The minimum Gasteiger partial charge on any atom is -0.469 e. The molecule has 0 aromatic rings. The Bertz CT molecular complexity index is 357. The van der Waals surface area contributed by atoms with Crippen molar-refractivity contribution in [1.82, 2.24) is 9.80 Å². The number of hydrogen-bond acceptors (Lipinski definition) is 4. The number of carbonyl (C=O) groups excluding carboxylic acids is 3. The Morgan fingerprint density at radius 2 is 1.45 bits per heavy atom. The normalized spacial score (nSPS) is 15.7. The van der Waals surface area contributed by atoms with Crippen LogP contribution in [0, 0.1) is 0 Å². The largest absolute Gasteiger partial charge is 0.469 e.